The Morgan fingerprint density at radius 3 is 2.24 bits per heavy atom. The minimum absolute atomic E-state index is 0.109. The standard InChI is InChI=1S/C16H14F3NO/c1-2-20(13-6-3-11(17)4-7-13)10-16(21)14-9-12(18)5-8-15(14)19/h3-9H,2,10H2,1H3. The van der Waals surface area contributed by atoms with Gasteiger partial charge in [-0.25, -0.2) is 13.2 Å². The molecule has 0 unspecified atom stereocenters. The fourth-order valence-corrected chi connectivity index (χ4v) is 2.01. The minimum Gasteiger partial charge on any atom is -0.364 e. The summed E-state index contributed by atoms with van der Waals surface area (Å²) in [6.07, 6.45) is 0. The van der Waals surface area contributed by atoms with Gasteiger partial charge in [-0.2, -0.15) is 0 Å². The number of carbonyl (C=O) groups excluding carboxylic acids is 1. The van der Waals surface area contributed by atoms with E-state index >= 15 is 0 Å². The van der Waals surface area contributed by atoms with Gasteiger partial charge < -0.3 is 4.90 Å². The summed E-state index contributed by atoms with van der Waals surface area (Å²) in [6.45, 7) is 2.19. The van der Waals surface area contributed by atoms with Crippen molar-refractivity contribution < 1.29 is 18.0 Å². The molecule has 21 heavy (non-hydrogen) atoms. The molecule has 0 aromatic heterocycles. The third kappa shape index (κ3) is 3.62. The van der Waals surface area contributed by atoms with E-state index in [2.05, 4.69) is 0 Å². The van der Waals surface area contributed by atoms with Crippen LogP contribution in [-0.2, 0) is 0 Å². The van der Waals surface area contributed by atoms with Crippen LogP contribution in [0.3, 0.4) is 0 Å². The van der Waals surface area contributed by atoms with Crippen molar-refractivity contribution in [2.75, 3.05) is 18.0 Å². The molecule has 110 valence electrons. The van der Waals surface area contributed by atoms with E-state index in [0.29, 0.717) is 12.2 Å². The minimum atomic E-state index is -0.753. The van der Waals surface area contributed by atoms with Gasteiger partial charge in [-0.1, -0.05) is 0 Å². The second-order valence-electron chi connectivity index (χ2n) is 4.54. The highest BCUT2D eigenvalue weighted by atomic mass is 19.1. The van der Waals surface area contributed by atoms with Gasteiger partial charge in [0.1, 0.15) is 17.5 Å². The van der Waals surface area contributed by atoms with Crippen molar-refractivity contribution in [3.8, 4) is 0 Å². The van der Waals surface area contributed by atoms with Crippen LogP contribution < -0.4 is 4.90 Å². The molecule has 2 aromatic rings. The molecule has 0 aliphatic rings. The Labute approximate surface area is 120 Å². The maximum Gasteiger partial charge on any atom is 0.185 e. The molecule has 0 aliphatic heterocycles. The number of carbonyl (C=O) groups is 1. The largest absolute Gasteiger partial charge is 0.364 e. The number of ketones is 1. The molecule has 0 heterocycles. The van der Waals surface area contributed by atoms with E-state index in [9.17, 15) is 18.0 Å². The third-order valence-corrected chi connectivity index (χ3v) is 3.14. The van der Waals surface area contributed by atoms with E-state index in [4.69, 9.17) is 0 Å². The van der Waals surface area contributed by atoms with Gasteiger partial charge in [0.05, 0.1) is 12.1 Å². The van der Waals surface area contributed by atoms with Gasteiger partial charge in [-0.15, -0.1) is 0 Å². The van der Waals surface area contributed by atoms with Crippen molar-refractivity contribution in [3.63, 3.8) is 0 Å². The number of hydrogen-bond acceptors (Lipinski definition) is 2. The zero-order valence-electron chi connectivity index (χ0n) is 11.4. The number of halogens is 3. The predicted octanol–water partition coefficient (Wildman–Crippen LogP) is 3.81. The number of Topliss-reactive ketones (excluding diaryl/α,β-unsaturated/α-hetero) is 1. The normalized spacial score (nSPS) is 10.5. The van der Waals surface area contributed by atoms with Crippen LogP contribution >= 0.6 is 0 Å². The molecule has 0 bridgehead atoms. The smallest absolute Gasteiger partial charge is 0.185 e. The molecule has 0 amide bonds. The van der Waals surface area contributed by atoms with E-state index in [1.54, 1.807) is 4.90 Å². The molecule has 0 fully saturated rings. The highest BCUT2D eigenvalue weighted by molar-refractivity contribution is 5.99. The van der Waals surface area contributed by atoms with Crippen LogP contribution in [0, 0.1) is 17.5 Å². The van der Waals surface area contributed by atoms with Crippen LogP contribution in [0.15, 0.2) is 42.5 Å². The zero-order chi connectivity index (χ0) is 15.4. The van der Waals surface area contributed by atoms with Crippen LogP contribution in [0.5, 0.6) is 0 Å². The summed E-state index contributed by atoms with van der Waals surface area (Å²) in [5, 5.41) is 0. The summed E-state index contributed by atoms with van der Waals surface area (Å²) >= 11 is 0. The van der Waals surface area contributed by atoms with Crippen molar-refractivity contribution in [3.05, 3.63) is 65.5 Å². The molecule has 2 rings (SSSR count). The first kappa shape index (κ1) is 15.1. The molecule has 0 radical (unpaired) electrons. The average molecular weight is 293 g/mol. The molecule has 0 spiro atoms. The fraction of sp³-hybridized carbons (Fsp3) is 0.188. The molecule has 0 N–H and O–H groups in total. The summed E-state index contributed by atoms with van der Waals surface area (Å²) in [5.74, 6) is -2.32. The molecular formula is C16H14F3NO. The molecule has 2 nitrogen and oxygen atoms in total. The van der Waals surface area contributed by atoms with Crippen LogP contribution in [-0.4, -0.2) is 18.9 Å². The Kier molecular flexibility index (Phi) is 4.62. The van der Waals surface area contributed by atoms with Crippen molar-refractivity contribution in [1.29, 1.82) is 0 Å². The second kappa shape index (κ2) is 6.43. The number of nitrogens with zero attached hydrogens (tertiary/aromatic N) is 1. The summed E-state index contributed by atoms with van der Waals surface area (Å²) in [5.41, 5.74) is 0.361. The molecule has 2 aromatic carbocycles. The Bertz CT molecular complexity index is 640. The van der Waals surface area contributed by atoms with Gasteiger partial charge in [-0.05, 0) is 49.4 Å². The van der Waals surface area contributed by atoms with Gasteiger partial charge in [0.15, 0.2) is 5.78 Å². The summed E-state index contributed by atoms with van der Waals surface area (Å²) in [7, 11) is 0. The SMILES string of the molecule is CCN(CC(=O)c1cc(F)ccc1F)c1ccc(F)cc1. The lowest BCUT2D eigenvalue weighted by Crippen LogP contribution is -2.30. The van der Waals surface area contributed by atoms with Crippen LogP contribution in [0.4, 0.5) is 18.9 Å². The highest BCUT2D eigenvalue weighted by Gasteiger charge is 2.16. The van der Waals surface area contributed by atoms with Crippen molar-refractivity contribution >= 4 is 11.5 Å². The predicted molar refractivity (Wildman–Crippen MR) is 75.0 cm³/mol. The first-order chi connectivity index (χ1) is 10.0. The number of likely N-dealkylation sites (N-methyl/N-ethyl adjacent to an activating group) is 1. The zero-order valence-corrected chi connectivity index (χ0v) is 11.4. The van der Waals surface area contributed by atoms with E-state index in [1.807, 2.05) is 6.92 Å². The number of rotatable bonds is 5. The van der Waals surface area contributed by atoms with Crippen molar-refractivity contribution in [2.24, 2.45) is 0 Å². The van der Waals surface area contributed by atoms with Gasteiger partial charge in [0.25, 0.3) is 0 Å². The lowest BCUT2D eigenvalue weighted by Gasteiger charge is -2.22. The fourth-order valence-electron chi connectivity index (χ4n) is 2.01. The maximum absolute atomic E-state index is 13.6. The van der Waals surface area contributed by atoms with E-state index in [0.717, 1.165) is 18.2 Å². The van der Waals surface area contributed by atoms with Crippen molar-refractivity contribution in [1.82, 2.24) is 0 Å². The first-order valence-electron chi connectivity index (χ1n) is 6.50. The van der Waals surface area contributed by atoms with Crippen LogP contribution in [0.2, 0.25) is 0 Å². The summed E-state index contributed by atoms with van der Waals surface area (Å²) < 4.78 is 39.6. The molecule has 0 atom stereocenters. The van der Waals surface area contributed by atoms with Gasteiger partial charge >= 0.3 is 0 Å². The highest BCUT2D eigenvalue weighted by Crippen LogP contribution is 2.17. The third-order valence-electron chi connectivity index (χ3n) is 3.14. The van der Waals surface area contributed by atoms with E-state index in [-0.39, 0.29) is 17.9 Å². The lowest BCUT2D eigenvalue weighted by atomic mass is 10.1. The Morgan fingerprint density at radius 1 is 1.00 bits per heavy atom. The van der Waals surface area contributed by atoms with Gasteiger partial charge in [-0.3, -0.25) is 4.79 Å². The van der Waals surface area contributed by atoms with Gasteiger partial charge in [0.2, 0.25) is 0 Å². The number of benzene rings is 2. The van der Waals surface area contributed by atoms with Crippen molar-refractivity contribution in [2.45, 2.75) is 6.92 Å². The van der Waals surface area contributed by atoms with E-state index in [1.165, 1.54) is 24.3 Å². The first-order valence-corrected chi connectivity index (χ1v) is 6.50. The lowest BCUT2D eigenvalue weighted by molar-refractivity contribution is 0.0995. The molecule has 0 aliphatic carbocycles. The molecule has 0 saturated carbocycles. The molecular weight excluding hydrogens is 279 g/mol. The topological polar surface area (TPSA) is 20.3 Å². The Hall–Kier alpha value is -2.30. The van der Waals surface area contributed by atoms with Gasteiger partial charge in [0, 0.05) is 12.2 Å². The number of anilines is 1. The summed E-state index contributed by atoms with van der Waals surface area (Å²) in [4.78, 5) is 13.8. The molecule has 5 heteroatoms. The second-order valence-corrected chi connectivity index (χ2v) is 4.54. The average Bonchev–Trinajstić information content (AvgIpc) is 2.48. The quantitative estimate of drug-likeness (QED) is 0.781. The summed E-state index contributed by atoms with van der Waals surface area (Å²) in [6, 6.07) is 8.41. The van der Waals surface area contributed by atoms with E-state index < -0.39 is 17.4 Å². The maximum atomic E-state index is 13.6. The number of hydrogen-bond donors (Lipinski definition) is 0. The Balaban J connectivity index is 2.20. The van der Waals surface area contributed by atoms with Crippen LogP contribution in [0.25, 0.3) is 0 Å². The molecule has 0 saturated heterocycles. The van der Waals surface area contributed by atoms with Crippen LogP contribution in [0.1, 0.15) is 17.3 Å². The Morgan fingerprint density at radius 2 is 1.62 bits per heavy atom. The monoisotopic (exact) mass is 293 g/mol.